The molecule has 0 saturated carbocycles. The van der Waals surface area contributed by atoms with Gasteiger partial charge < -0.3 is 11.0 Å². The molecule has 0 amide bonds. The van der Waals surface area contributed by atoms with Gasteiger partial charge in [-0.05, 0) is 0 Å². The molecular weight excluding hydrogens is 251 g/mol. The fourth-order valence-corrected chi connectivity index (χ4v) is 0. The van der Waals surface area contributed by atoms with Gasteiger partial charge in [0.15, 0.2) is 0 Å². The fourth-order valence-electron chi connectivity index (χ4n) is 0. The molecule has 0 fully saturated rings. The normalized spacial score (nSPS) is 0. The third-order valence-corrected chi connectivity index (χ3v) is 0. The van der Waals surface area contributed by atoms with Gasteiger partial charge in [0.2, 0.25) is 0 Å². The van der Waals surface area contributed by atoms with Gasteiger partial charge in [-0.2, -0.15) is 0 Å². The minimum absolute atomic E-state index is 0. The Morgan fingerprint density at radius 2 is 0.750 bits per heavy atom. The second-order valence-electron chi connectivity index (χ2n) is 0. The molecule has 4 heavy (non-hydrogen) atoms. The molecule has 0 spiro atoms. The first-order valence-corrected chi connectivity index (χ1v) is 0. The largest absolute Gasteiger partial charge is 2.00 e. The predicted octanol–water partition coefficient (Wildman–Crippen LogP) is -0.621. The van der Waals surface area contributed by atoms with Gasteiger partial charge in [-0.3, -0.25) is 0 Å². The van der Waals surface area contributed by atoms with Crippen LogP contribution in [-0.2, 0) is 32.0 Å². The number of hydrogen-bond acceptors (Lipinski definition) is 0. The van der Waals surface area contributed by atoms with Crippen molar-refractivity contribution in [2.24, 2.45) is 0 Å². The summed E-state index contributed by atoms with van der Waals surface area (Å²) >= 11 is 0. The van der Waals surface area contributed by atoms with Crippen LogP contribution in [0.4, 0.5) is 0 Å². The van der Waals surface area contributed by atoms with Crippen molar-refractivity contribution in [3.8, 4) is 0 Å². The van der Waals surface area contributed by atoms with Gasteiger partial charge in [0.05, 0.1) is 0 Å². The van der Waals surface area contributed by atoms with E-state index in [1.807, 2.05) is 0 Å². The molecule has 0 aliphatic rings. The third kappa shape index (κ3) is 10.1. The molecule has 0 aliphatic carbocycles. The summed E-state index contributed by atoms with van der Waals surface area (Å²) in [5.74, 6) is 0. The summed E-state index contributed by atoms with van der Waals surface area (Å²) in [4.78, 5) is 0. The van der Waals surface area contributed by atoms with Crippen LogP contribution in [0.25, 0.3) is 0 Å². The molecule has 0 rings (SSSR count). The molecule has 24 valence electrons. The molecule has 0 bridgehead atoms. The molecule has 0 N–H and O–H groups in total. The first kappa shape index (κ1) is 54.4. The molecule has 0 aromatic rings. The first-order chi connectivity index (χ1) is 0. The average molecular weight is 251 g/mol. The molecule has 0 atom stereocenters. The van der Waals surface area contributed by atoms with Crippen molar-refractivity contribution in [1.29, 1.82) is 0 Å². The van der Waals surface area contributed by atoms with Gasteiger partial charge >= 0.3 is 44.1 Å². The molecule has 0 heterocycles. The fraction of sp³-hybridized carbons (Fsp3) is 0. The summed E-state index contributed by atoms with van der Waals surface area (Å²) in [7, 11) is 0. The maximum Gasteiger partial charge on any atom is 2.00 e. The summed E-state index contributed by atoms with van der Waals surface area (Å²) in [5.41, 5.74) is 0. The molecular formula is MgO2Pt. The molecule has 4 heteroatoms. The molecule has 0 aromatic carbocycles. The Hall–Kier alpha value is 1.37. The summed E-state index contributed by atoms with van der Waals surface area (Å²) < 4.78 is 0. The zero-order chi connectivity index (χ0) is 0. The van der Waals surface area contributed by atoms with Gasteiger partial charge in [0.1, 0.15) is 0 Å². The molecule has 0 aliphatic heterocycles. The zero-order valence-electron chi connectivity index (χ0n) is 1.84. The quantitative estimate of drug-likeness (QED) is 0.515. The van der Waals surface area contributed by atoms with Crippen molar-refractivity contribution in [1.82, 2.24) is 0 Å². The van der Waals surface area contributed by atoms with Crippen LogP contribution in [0.2, 0.25) is 0 Å². The van der Waals surface area contributed by atoms with Crippen molar-refractivity contribution in [3.05, 3.63) is 0 Å². The Morgan fingerprint density at radius 3 is 0.750 bits per heavy atom. The standard InChI is InChI=1S/Mg.2O.Pt/q+2;2*-2;+2. The van der Waals surface area contributed by atoms with E-state index in [4.69, 9.17) is 0 Å². The molecule has 0 saturated heterocycles. The van der Waals surface area contributed by atoms with Crippen LogP contribution in [0.5, 0.6) is 0 Å². The second-order valence-corrected chi connectivity index (χ2v) is 0. The van der Waals surface area contributed by atoms with E-state index in [1.54, 1.807) is 0 Å². The summed E-state index contributed by atoms with van der Waals surface area (Å²) in [6, 6.07) is 0. The van der Waals surface area contributed by atoms with E-state index in [1.165, 1.54) is 0 Å². The van der Waals surface area contributed by atoms with Crippen molar-refractivity contribution in [2.75, 3.05) is 0 Å². The van der Waals surface area contributed by atoms with Crippen LogP contribution >= 0.6 is 0 Å². The van der Waals surface area contributed by atoms with Crippen LogP contribution in [0.15, 0.2) is 0 Å². The SMILES string of the molecule is [Mg+2].[O-2].[O-2].[Pt+2]. The van der Waals surface area contributed by atoms with Crippen molar-refractivity contribution >= 4 is 23.1 Å². The van der Waals surface area contributed by atoms with Gasteiger partial charge in [-0.1, -0.05) is 0 Å². The van der Waals surface area contributed by atoms with E-state index in [9.17, 15) is 0 Å². The Kier molecular flexibility index (Phi) is 359. The minimum Gasteiger partial charge on any atom is -2.00 e. The van der Waals surface area contributed by atoms with Crippen LogP contribution in [-0.4, -0.2) is 23.1 Å². The Bertz CT molecular complexity index is 6.00. The maximum absolute atomic E-state index is 0. The Balaban J connectivity index is 0. The second kappa shape index (κ2) is 26.4. The minimum atomic E-state index is 0. The Labute approximate surface area is 55.0 Å². The monoisotopic (exact) mass is 251 g/mol. The van der Waals surface area contributed by atoms with Crippen molar-refractivity contribution in [3.63, 3.8) is 0 Å². The van der Waals surface area contributed by atoms with E-state index in [0.29, 0.717) is 0 Å². The van der Waals surface area contributed by atoms with E-state index in [0.717, 1.165) is 0 Å². The first-order valence-electron chi connectivity index (χ1n) is 0. The third-order valence-electron chi connectivity index (χ3n) is 0. The van der Waals surface area contributed by atoms with Crippen molar-refractivity contribution < 1.29 is 32.0 Å². The topological polar surface area (TPSA) is 57.0 Å². The van der Waals surface area contributed by atoms with E-state index >= 15 is 0 Å². The molecule has 0 unspecified atom stereocenters. The molecule has 0 aromatic heterocycles. The summed E-state index contributed by atoms with van der Waals surface area (Å²) in [6.45, 7) is 0. The van der Waals surface area contributed by atoms with Crippen molar-refractivity contribution in [2.45, 2.75) is 0 Å². The average Bonchev–Trinajstić information content (AvgIpc) is 0. The van der Waals surface area contributed by atoms with E-state index in [-0.39, 0.29) is 55.1 Å². The van der Waals surface area contributed by atoms with Crippen LogP contribution < -0.4 is 0 Å². The molecule has 0 radical (unpaired) electrons. The zero-order valence-corrected chi connectivity index (χ0v) is 5.53. The number of rotatable bonds is 0. The van der Waals surface area contributed by atoms with Crippen LogP contribution in [0.3, 0.4) is 0 Å². The van der Waals surface area contributed by atoms with Gasteiger partial charge in [0.25, 0.3) is 0 Å². The Morgan fingerprint density at radius 1 is 0.750 bits per heavy atom. The molecule has 2 nitrogen and oxygen atoms in total. The predicted molar refractivity (Wildman–Crippen MR) is 7.13 cm³/mol. The van der Waals surface area contributed by atoms with Gasteiger partial charge in [-0.25, -0.2) is 0 Å². The van der Waals surface area contributed by atoms with Crippen LogP contribution in [0.1, 0.15) is 0 Å². The van der Waals surface area contributed by atoms with Gasteiger partial charge in [-0.15, -0.1) is 0 Å². The van der Waals surface area contributed by atoms with Crippen LogP contribution in [0, 0.1) is 0 Å². The smallest absolute Gasteiger partial charge is 2.00 e. The van der Waals surface area contributed by atoms with E-state index < -0.39 is 0 Å². The maximum atomic E-state index is 0. The van der Waals surface area contributed by atoms with Gasteiger partial charge in [0, 0.05) is 0 Å². The summed E-state index contributed by atoms with van der Waals surface area (Å²) in [5, 5.41) is 0. The number of hydrogen-bond donors (Lipinski definition) is 0. The van der Waals surface area contributed by atoms with E-state index in [2.05, 4.69) is 0 Å². The summed E-state index contributed by atoms with van der Waals surface area (Å²) in [6.07, 6.45) is 0.